The third-order valence-corrected chi connectivity index (χ3v) is 3.99. The maximum absolute atomic E-state index is 12.6. The quantitative estimate of drug-likeness (QED) is 0.744. The molecule has 116 valence electrons. The number of methoxy groups -OCH3 is 1. The molecule has 0 aliphatic carbocycles. The first-order chi connectivity index (χ1) is 11.1. The van der Waals surface area contributed by atoms with Crippen LogP contribution in [0.4, 0.5) is 5.13 Å². The molecule has 1 amide bonds. The van der Waals surface area contributed by atoms with Gasteiger partial charge in [-0.15, -0.1) is 11.3 Å². The van der Waals surface area contributed by atoms with Crippen molar-refractivity contribution in [1.29, 1.82) is 0 Å². The summed E-state index contributed by atoms with van der Waals surface area (Å²) >= 11 is 1.21. The van der Waals surface area contributed by atoms with Crippen LogP contribution in [-0.2, 0) is 0 Å². The number of para-hydroxylation sites is 1. The molecule has 0 atom stereocenters. The fourth-order valence-corrected chi connectivity index (χ4v) is 2.85. The molecule has 3 aromatic rings. The molecule has 0 unspecified atom stereocenters. The molecule has 2 heterocycles. The third-order valence-electron chi connectivity index (χ3n) is 3.23. The molecule has 0 fully saturated rings. The molecule has 0 radical (unpaired) electrons. The van der Waals surface area contributed by atoms with Gasteiger partial charge in [0.05, 0.1) is 18.2 Å². The normalized spacial score (nSPS) is 10.5. The fourth-order valence-electron chi connectivity index (χ4n) is 2.10. The first-order valence-electron chi connectivity index (χ1n) is 6.80. The van der Waals surface area contributed by atoms with Crippen LogP contribution >= 0.6 is 11.3 Å². The molecule has 0 aliphatic heterocycles. The lowest BCUT2D eigenvalue weighted by atomic mass is 10.1. The van der Waals surface area contributed by atoms with Crippen molar-refractivity contribution in [3.63, 3.8) is 0 Å². The highest BCUT2D eigenvalue weighted by atomic mass is 32.1. The number of thiazole rings is 1. The molecule has 7 heteroatoms. The Balaban J connectivity index is 1.97. The Labute approximate surface area is 136 Å². The molecule has 1 aromatic carbocycles. The highest BCUT2D eigenvalue weighted by Crippen LogP contribution is 2.24. The smallest absolute Gasteiger partial charge is 0.258 e. The van der Waals surface area contributed by atoms with Gasteiger partial charge in [-0.1, -0.05) is 18.2 Å². The van der Waals surface area contributed by atoms with Crippen LogP contribution in [0.2, 0.25) is 0 Å². The van der Waals surface area contributed by atoms with Gasteiger partial charge in [0, 0.05) is 23.8 Å². The number of Topliss-reactive ketones (excluding diaryl/α,β-unsaturated/α-hetero) is 1. The first-order valence-corrected chi connectivity index (χ1v) is 7.68. The Bertz CT molecular complexity index is 904. The molecular formula is C16H13N3O3S. The van der Waals surface area contributed by atoms with E-state index in [0.717, 1.165) is 0 Å². The highest BCUT2D eigenvalue weighted by Gasteiger charge is 2.15. The van der Waals surface area contributed by atoms with Gasteiger partial charge in [0.15, 0.2) is 10.9 Å². The molecule has 0 saturated heterocycles. The zero-order chi connectivity index (χ0) is 16.4. The van der Waals surface area contributed by atoms with Crippen molar-refractivity contribution in [2.75, 3.05) is 12.4 Å². The summed E-state index contributed by atoms with van der Waals surface area (Å²) in [5.41, 5.74) is 1.44. The third kappa shape index (κ3) is 3.04. The Morgan fingerprint density at radius 2 is 2.00 bits per heavy atom. The zero-order valence-corrected chi connectivity index (χ0v) is 13.3. The van der Waals surface area contributed by atoms with Crippen LogP contribution < -0.4 is 10.1 Å². The number of hydrogen-bond acceptors (Lipinski definition) is 6. The monoisotopic (exact) mass is 327 g/mol. The number of fused-ring (bicyclic) bond motifs is 1. The van der Waals surface area contributed by atoms with E-state index >= 15 is 0 Å². The van der Waals surface area contributed by atoms with Gasteiger partial charge in [-0.25, -0.2) is 9.97 Å². The maximum atomic E-state index is 12.6. The lowest BCUT2D eigenvalue weighted by Gasteiger charge is -2.08. The molecule has 0 saturated carbocycles. The SMILES string of the molecule is COc1cc(C(=O)Nc2nc(C(C)=O)cs2)c2ccccc2n1. The van der Waals surface area contributed by atoms with E-state index in [1.54, 1.807) is 11.4 Å². The van der Waals surface area contributed by atoms with Gasteiger partial charge in [-0.3, -0.25) is 14.9 Å². The average molecular weight is 327 g/mol. The van der Waals surface area contributed by atoms with E-state index in [0.29, 0.717) is 33.2 Å². The number of rotatable bonds is 4. The van der Waals surface area contributed by atoms with Gasteiger partial charge in [-0.05, 0) is 6.07 Å². The fraction of sp³-hybridized carbons (Fsp3) is 0.125. The van der Waals surface area contributed by atoms with Crippen LogP contribution in [0.25, 0.3) is 10.9 Å². The number of pyridine rings is 1. The van der Waals surface area contributed by atoms with E-state index < -0.39 is 0 Å². The van der Waals surface area contributed by atoms with Crippen molar-refractivity contribution in [2.24, 2.45) is 0 Å². The summed E-state index contributed by atoms with van der Waals surface area (Å²) in [6.45, 7) is 1.43. The van der Waals surface area contributed by atoms with Gasteiger partial charge < -0.3 is 4.74 Å². The standard InChI is InChI=1S/C16H13N3O3S/c1-9(20)13-8-23-16(18-13)19-15(21)11-7-14(22-2)17-12-6-4-3-5-10(11)12/h3-8H,1-2H3,(H,18,19,21). The van der Waals surface area contributed by atoms with Gasteiger partial charge >= 0.3 is 0 Å². The van der Waals surface area contributed by atoms with Crippen molar-refractivity contribution in [2.45, 2.75) is 6.92 Å². The molecule has 0 spiro atoms. The van der Waals surface area contributed by atoms with Gasteiger partial charge in [0.2, 0.25) is 5.88 Å². The number of hydrogen-bond donors (Lipinski definition) is 1. The summed E-state index contributed by atoms with van der Waals surface area (Å²) in [7, 11) is 1.50. The zero-order valence-electron chi connectivity index (χ0n) is 12.5. The largest absolute Gasteiger partial charge is 0.481 e. The Morgan fingerprint density at radius 1 is 1.22 bits per heavy atom. The maximum Gasteiger partial charge on any atom is 0.258 e. The summed E-state index contributed by atoms with van der Waals surface area (Å²) in [5, 5.41) is 5.42. The molecule has 3 rings (SSSR count). The average Bonchev–Trinajstić information content (AvgIpc) is 3.02. The van der Waals surface area contributed by atoms with Crippen LogP contribution in [0.3, 0.4) is 0 Å². The molecular weight excluding hydrogens is 314 g/mol. The predicted octanol–water partition coefficient (Wildman–Crippen LogP) is 3.15. The summed E-state index contributed by atoms with van der Waals surface area (Å²) in [5.74, 6) is -0.110. The molecule has 6 nitrogen and oxygen atoms in total. The predicted molar refractivity (Wildman–Crippen MR) is 88.4 cm³/mol. The topological polar surface area (TPSA) is 81.2 Å². The van der Waals surface area contributed by atoms with Crippen LogP contribution in [0.15, 0.2) is 35.7 Å². The van der Waals surface area contributed by atoms with Crippen molar-refractivity contribution >= 4 is 39.1 Å². The highest BCUT2D eigenvalue weighted by molar-refractivity contribution is 7.14. The molecule has 23 heavy (non-hydrogen) atoms. The number of ether oxygens (including phenoxy) is 1. The van der Waals surface area contributed by atoms with Gasteiger partial charge in [-0.2, -0.15) is 0 Å². The van der Waals surface area contributed by atoms with E-state index in [1.807, 2.05) is 24.3 Å². The van der Waals surface area contributed by atoms with Crippen LogP contribution in [0.5, 0.6) is 5.88 Å². The number of aromatic nitrogens is 2. The number of nitrogens with one attached hydrogen (secondary N) is 1. The van der Waals surface area contributed by atoms with E-state index in [2.05, 4.69) is 15.3 Å². The Kier molecular flexibility index (Phi) is 4.03. The van der Waals surface area contributed by atoms with Crippen LogP contribution in [0.1, 0.15) is 27.8 Å². The Morgan fingerprint density at radius 3 is 2.70 bits per heavy atom. The van der Waals surface area contributed by atoms with Crippen molar-refractivity contribution in [3.8, 4) is 5.88 Å². The Hall–Kier alpha value is -2.80. The first kappa shape index (κ1) is 15.1. The van der Waals surface area contributed by atoms with Crippen molar-refractivity contribution < 1.29 is 14.3 Å². The minimum atomic E-state index is -0.327. The van der Waals surface area contributed by atoms with E-state index in [9.17, 15) is 9.59 Å². The minimum Gasteiger partial charge on any atom is -0.481 e. The van der Waals surface area contributed by atoms with Crippen LogP contribution in [-0.4, -0.2) is 28.8 Å². The molecule has 1 N–H and O–H groups in total. The summed E-state index contributed by atoms with van der Waals surface area (Å²) < 4.78 is 5.15. The second-order valence-electron chi connectivity index (χ2n) is 4.78. The van der Waals surface area contributed by atoms with Crippen molar-refractivity contribution in [3.05, 3.63) is 47.0 Å². The molecule has 0 bridgehead atoms. The number of carbonyl (C=O) groups excluding carboxylic acids is 2. The van der Waals surface area contributed by atoms with Gasteiger partial charge in [0.1, 0.15) is 5.69 Å². The van der Waals surface area contributed by atoms with Crippen molar-refractivity contribution in [1.82, 2.24) is 9.97 Å². The second kappa shape index (κ2) is 6.13. The summed E-state index contributed by atoms with van der Waals surface area (Å²) in [4.78, 5) is 32.2. The molecule has 0 aliphatic rings. The second-order valence-corrected chi connectivity index (χ2v) is 5.64. The van der Waals surface area contributed by atoms with E-state index in [-0.39, 0.29) is 11.7 Å². The summed E-state index contributed by atoms with van der Waals surface area (Å²) in [6.07, 6.45) is 0. The lowest BCUT2D eigenvalue weighted by molar-refractivity contribution is 0.100. The lowest BCUT2D eigenvalue weighted by Crippen LogP contribution is -2.13. The number of benzene rings is 1. The number of amides is 1. The minimum absolute atomic E-state index is 0.141. The van der Waals surface area contributed by atoms with Crippen LogP contribution in [0, 0.1) is 0 Å². The van der Waals surface area contributed by atoms with E-state index in [1.165, 1.54) is 25.4 Å². The summed E-state index contributed by atoms with van der Waals surface area (Å²) in [6, 6.07) is 8.89. The number of anilines is 1. The number of nitrogens with zero attached hydrogens (tertiary/aromatic N) is 2. The number of ketones is 1. The number of carbonyl (C=O) groups is 2. The van der Waals surface area contributed by atoms with Gasteiger partial charge in [0.25, 0.3) is 5.91 Å². The van der Waals surface area contributed by atoms with E-state index in [4.69, 9.17) is 4.74 Å². The molecule has 2 aromatic heterocycles.